The maximum atomic E-state index is 13.0. The van der Waals surface area contributed by atoms with Crippen LogP contribution >= 0.6 is 11.6 Å². The van der Waals surface area contributed by atoms with Gasteiger partial charge in [-0.05, 0) is 49.1 Å². The van der Waals surface area contributed by atoms with Crippen molar-refractivity contribution in [3.05, 3.63) is 69.7 Å². The van der Waals surface area contributed by atoms with Crippen LogP contribution in [0.4, 0.5) is 0 Å². The topological polar surface area (TPSA) is 77.9 Å². The second kappa shape index (κ2) is 10.1. The molecule has 1 saturated heterocycles. The number of hydrogen-bond acceptors (Lipinski definition) is 4. The highest BCUT2D eigenvalue weighted by Crippen LogP contribution is 2.23. The number of rotatable bonds is 8. The Balaban J connectivity index is 1.66. The van der Waals surface area contributed by atoms with Gasteiger partial charge in [0.15, 0.2) is 0 Å². The van der Waals surface area contributed by atoms with Crippen LogP contribution in [-0.2, 0) is 33.5 Å². The maximum absolute atomic E-state index is 13.0. The van der Waals surface area contributed by atoms with E-state index in [2.05, 4.69) is 4.90 Å². The molecule has 31 heavy (non-hydrogen) atoms. The number of aliphatic carboxylic acids is 1. The van der Waals surface area contributed by atoms with Crippen LogP contribution in [0.5, 0.6) is 0 Å². The fourth-order valence-electron chi connectivity index (χ4n) is 4.14. The van der Waals surface area contributed by atoms with Crippen LogP contribution < -0.4 is 0 Å². The Morgan fingerprint density at radius 2 is 1.94 bits per heavy atom. The average Bonchev–Trinajstić information content (AvgIpc) is 2.66. The van der Waals surface area contributed by atoms with E-state index in [1.807, 2.05) is 50.2 Å². The van der Waals surface area contributed by atoms with E-state index in [0.29, 0.717) is 37.6 Å². The first-order valence-corrected chi connectivity index (χ1v) is 12.4. The summed E-state index contributed by atoms with van der Waals surface area (Å²) >= 11 is 6.17. The first-order chi connectivity index (χ1) is 14.6. The van der Waals surface area contributed by atoms with Crippen LogP contribution in [0.25, 0.3) is 0 Å². The van der Waals surface area contributed by atoms with Gasteiger partial charge in [0.05, 0.1) is 5.75 Å². The molecule has 1 N–H and O–H groups in total. The van der Waals surface area contributed by atoms with Gasteiger partial charge in [0.1, 0.15) is 0 Å². The van der Waals surface area contributed by atoms with Crippen LogP contribution in [0.2, 0.25) is 5.02 Å². The molecule has 1 fully saturated rings. The zero-order valence-corrected chi connectivity index (χ0v) is 19.5. The molecule has 168 valence electrons. The lowest BCUT2D eigenvalue weighted by Crippen LogP contribution is -2.53. The van der Waals surface area contributed by atoms with E-state index in [9.17, 15) is 13.2 Å². The molecule has 0 bridgehead atoms. The van der Waals surface area contributed by atoms with Gasteiger partial charge in [-0.15, -0.1) is 0 Å². The number of aryl methyl sites for hydroxylation is 2. The quantitative estimate of drug-likeness (QED) is 0.644. The Morgan fingerprint density at radius 3 is 2.61 bits per heavy atom. The van der Waals surface area contributed by atoms with Gasteiger partial charge in [0, 0.05) is 43.7 Å². The molecule has 8 heteroatoms. The summed E-state index contributed by atoms with van der Waals surface area (Å²) in [6.07, 6.45) is 0.512. The second-order valence-electron chi connectivity index (χ2n) is 8.25. The van der Waals surface area contributed by atoms with Gasteiger partial charge in [-0.1, -0.05) is 47.5 Å². The van der Waals surface area contributed by atoms with Crippen molar-refractivity contribution in [3.8, 4) is 0 Å². The molecule has 0 amide bonds. The van der Waals surface area contributed by atoms with Crippen molar-refractivity contribution in [1.29, 1.82) is 0 Å². The third-order valence-corrected chi connectivity index (χ3v) is 7.80. The normalized spacial score (nSPS) is 18.2. The largest absolute Gasteiger partial charge is 0.481 e. The van der Waals surface area contributed by atoms with Crippen molar-refractivity contribution in [3.63, 3.8) is 0 Å². The van der Waals surface area contributed by atoms with Crippen molar-refractivity contribution in [2.45, 2.75) is 45.0 Å². The molecule has 6 nitrogen and oxygen atoms in total. The number of piperazine rings is 1. The summed E-state index contributed by atoms with van der Waals surface area (Å²) in [5, 5.41) is 9.62. The minimum Gasteiger partial charge on any atom is -0.481 e. The highest BCUT2D eigenvalue weighted by molar-refractivity contribution is 7.88. The molecule has 1 unspecified atom stereocenters. The van der Waals surface area contributed by atoms with E-state index in [1.54, 1.807) is 10.4 Å². The predicted molar refractivity (Wildman–Crippen MR) is 123 cm³/mol. The van der Waals surface area contributed by atoms with Crippen LogP contribution in [0.15, 0.2) is 42.5 Å². The number of carboxylic acid groups (broad SMARTS) is 1. The molecular formula is C23H29ClN2O4S. The highest BCUT2D eigenvalue weighted by Gasteiger charge is 2.32. The van der Waals surface area contributed by atoms with E-state index in [4.69, 9.17) is 16.7 Å². The van der Waals surface area contributed by atoms with Gasteiger partial charge in [-0.3, -0.25) is 9.69 Å². The van der Waals surface area contributed by atoms with Gasteiger partial charge in [0.2, 0.25) is 10.0 Å². The molecule has 0 radical (unpaired) electrons. The van der Waals surface area contributed by atoms with E-state index < -0.39 is 16.0 Å². The first-order valence-electron chi connectivity index (χ1n) is 10.4. The second-order valence-corrected chi connectivity index (χ2v) is 10.6. The standard InChI is InChI=1S/C23H29ClN2O4S/c1-17-4-3-5-19(12-17)16-31(29,30)26-11-10-25(14-18(26)2)15-21-13-22(24)8-6-20(21)7-9-23(27)28/h3-6,8,12-13,18H,7,9-11,14-16H2,1-2H3,(H,27,28). The summed E-state index contributed by atoms with van der Waals surface area (Å²) in [7, 11) is -3.41. The number of benzene rings is 2. The summed E-state index contributed by atoms with van der Waals surface area (Å²) in [5.74, 6) is -0.825. The molecule has 2 aromatic rings. The van der Waals surface area contributed by atoms with E-state index in [-0.39, 0.29) is 18.2 Å². The van der Waals surface area contributed by atoms with E-state index in [0.717, 1.165) is 22.3 Å². The number of sulfonamides is 1. The number of halogens is 1. The van der Waals surface area contributed by atoms with Crippen LogP contribution in [0.3, 0.4) is 0 Å². The highest BCUT2D eigenvalue weighted by atomic mass is 35.5. The van der Waals surface area contributed by atoms with Crippen molar-refractivity contribution >= 4 is 27.6 Å². The fourth-order valence-corrected chi connectivity index (χ4v) is 6.07. The first kappa shape index (κ1) is 23.7. The molecule has 0 aromatic heterocycles. The minimum atomic E-state index is -3.41. The molecular weight excluding hydrogens is 436 g/mol. The molecule has 0 aliphatic carbocycles. The van der Waals surface area contributed by atoms with Crippen molar-refractivity contribution < 1.29 is 18.3 Å². The maximum Gasteiger partial charge on any atom is 0.303 e. The zero-order chi connectivity index (χ0) is 22.6. The molecule has 2 aromatic carbocycles. The molecule has 1 heterocycles. The Bertz CT molecular complexity index is 1040. The fraction of sp³-hybridized carbons (Fsp3) is 0.435. The monoisotopic (exact) mass is 464 g/mol. The van der Waals surface area contributed by atoms with E-state index in [1.165, 1.54) is 0 Å². The van der Waals surface area contributed by atoms with Crippen LogP contribution in [0, 0.1) is 6.92 Å². The smallest absolute Gasteiger partial charge is 0.303 e. The number of carboxylic acids is 1. The minimum absolute atomic E-state index is 0.00660. The van der Waals surface area contributed by atoms with E-state index >= 15 is 0 Å². The summed E-state index contributed by atoms with van der Waals surface area (Å²) in [5.41, 5.74) is 3.81. The zero-order valence-electron chi connectivity index (χ0n) is 17.9. The number of carbonyl (C=O) groups is 1. The summed E-state index contributed by atoms with van der Waals surface area (Å²) in [4.78, 5) is 13.2. The lowest BCUT2D eigenvalue weighted by atomic mass is 10.0. The molecule has 0 saturated carbocycles. The van der Waals surface area contributed by atoms with Crippen molar-refractivity contribution in [1.82, 2.24) is 9.21 Å². The van der Waals surface area contributed by atoms with Gasteiger partial charge in [-0.25, -0.2) is 8.42 Å². The number of hydrogen-bond donors (Lipinski definition) is 1. The van der Waals surface area contributed by atoms with Gasteiger partial charge in [-0.2, -0.15) is 4.31 Å². The van der Waals surface area contributed by atoms with Gasteiger partial charge < -0.3 is 5.11 Å². The Kier molecular flexibility index (Phi) is 7.75. The molecule has 0 spiro atoms. The summed E-state index contributed by atoms with van der Waals surface area (Å²) in [6.45, 7) is 6.16. The number of nitrogens with zero attached hydrogens (tertiary/aromatic N) is 2. The Labute approximate surface area is 189 Å². The molecule has 1 aliphatic rings. The Hall–Kier alpha value is -1.93. The van der Waals surface area contributed by atoms with Crippen molar-refractivity contribution in [2.75, 3.05) is 19.6 Å². The molecule has 1 atom stereocenters. The Morgan fingerprint density at radius 1 is 1.16 bits per heavy atom. The molecule has 3 rings (SSSR count). The SMILES string of the molecule is Cc1cccc(CS(=O)(=O)N2CCN(Cc3cc(Cl)ccc3CCC(=O)O)CC2C)c1. The molecule has 1 aliphatic heterocycles. The predicted octanol–water partition coefficient (Wildman–Crippen LogP) is 3.70. The van der Waals surface area contributed by atoms with Gasteiger partial charge >= 0.3 is 5.97 Å². The van der Waals surface area contributed by atoms with Crippen LogP contribution in [0.1, 0.15) is 35.6 Å². The van der Waals surface area contributed by atoms with Gasteiger partial charge in [0.25, 0.3) is 0 Å². The van der Waals surface area contributed by atoms with Crippen LogP contribution in [-0.4, -0.2) is 54.4 Å². The summed E-state index contributed by atoms with van der Waals surface area (Å²) in [6, 6.07) is 13.0. The third kappa shape index (κ3) is 6.53. The lowest BCUT2D eigenvalue weighted by Gasteiger charge is -2.39. The summed E-state index contributed by atoms with van der Waals surface area (Å²) < 4.78 is 27.7. The lowest BCUT2D eigenvalue weighted by molar-refractivity contribution is -0.136. The third-order valence-electron chi connectivity index (χ3n) is 5.61. The van der Waals surface area contributed by atoms with Crippen molar-refractivity contribution in [2.24, 2.45) is 0 Å². The average molecular weight is 465 g/mol.